The number of carbonyl (C=O) groups is 1. The monoisotopic (exact) mass is 354 g/mol. The van der Waals surface area contributed by atoms with Gasteiger partial charge in [-0.2, -0.15) is 0 Å². The second-order valence-electron chi connectivity index (χ2n) is 6.36. The van der Waals surface area contributed by atoms with Gasteiger partial charge in [0.25, 0.3) is 0 Å². The Kier molecular flexibility index (Phi) is 4.14. The molecule has 0 atom stereocenters. The summed E-state index contributed by atoms with van der Waals surface area (Å²) in [6.07, 6.45) is 1.26. The van der Waals surface area contributed by atoms with Gasteiger partial charge in [-0.3, -0.25) is 4.79 Å². The fraction of sp³-hybridized carbons (Fsp3) is 0.250. The third kappa shape index (κ3) is 3.10. The van der Waals surface area contributed by atoms with Crippen LogP contribution in [0.25, 0.3) is 10.9 Å². The van der Waals surface area contributed by atoms with E-state index in [4.69, 9.17) is 16.3 Å². The minimum absolute atomic E-state index is 0.143. The van der Waals surface area contributed by atoms with Crippen LogP contribution in [-0.4, -0.2) is 29.4 Å². The van der Waals surface area contributed by atoms with Crippen LogP contribution in [0, 0.1) is 0 Å². The Morgan fingerprint density at radius 1 is 1.24 bits per heavy atom. The summed E-state index contributed by atoms with van der Waals surface area (Å²) in [5, 5.41) is 1.88. The van der Waals surface area contributed by atoms with Crippen LogP contribution in [-0.2, 0) is 24.2 Å². The molecule has 5 heteroatoms. The number of hydrogen-bond acceptors (Lipinski definition) is 2. The molecule has 0 saturated heterocycles. The lowest BCUT2D eigenvalue weighted by molar-refractivity contribution is -0.131. The summed E-state index contributed by atoms with van der Waals surface area (Å²) in [7, 11) is 1.68. The van der Waals surface area contributed by atoms with Crippen molar-refractivity contribution in [3.05, 3.63) is 64.3 Å². The Morgan fingerprint density at radius 3 is 2.80 bits per heavy atom. The molecule has 25 heavy (non-hydrogen) atoms. The Bertz CT molecular complexity index is 931. The van der Waals surface area contributed by atoms with Gasteiger partial charge in [0, 0.05) is 28.2 Å². The van der Waals surface area contributed by atoms with Gasteiger partial charge in [0.2, 0.25) is 5.91 Å². The molecule has 0 bridgehead atoms. The first-order valence-corrected chi connectivity index (χ1v) is 8.71. The van der Waals surface area contributed by atoms with Crippen LogP contribution in [0.2, 0.25) is 5.02 Å². The van der Waals surface area contributed by atoms with Gasteiger partial charge in [-0.1, -0.05) is 23.7 Å². The maximum Gasteiger partial charge on any atom is 0.227 e. The zero-order valence-corrected chi connectivity index (χ0v) is 14.8. The molecule has 0 fully saturated rings. The zero-order chi connectivity index (χ0) is 17.4. The quantitative estimate of drug-likeness (QED) is 0.773. The second-order valence-corrected chi connectivity index (χ2v) is 6.80. The average Bonchev–Trinajstić information content (AvgIpc) is 3.00. The fourth-order valence-electron chi connectivity index (χ4n) is 3.45. The van der Waals surface area contributed by atoms with Crippen molar-refractivity contribution in [2.75, 3.05) is 13.7 Å². The lowest BCUT2D eigenvalue weighted by Gasteiger charge is -2.27. The standard InChI is InChI=1S/C20H19ClN2O2/c1-25-15-6-7-18-17(11-15)16-8-9-23(12-19(16)22-18)20(24)10-13-2-4-14(21)5-3-13/h2-7,11,22H,8-10,12H2,1H3. The van der Waals surface area contributed by atoms with Crippen LogP contribution >= 0.6 is 11.6 Å². The van der Waals surface area contributed by atoms with E-state index in [1.807, 2.05) is 41.3 Å². The summed E-state index contributed by atoms with van der Waals surface area (Å²) >= 11 is 5.90. The molecule has 0 spiro atoms. The van der Waals surface area contributed by atoms with E-state index in [0.29, 0.717) is 18.0 Å². The number of amides is 1. The topological polar surface area (TPSA) is 45.3 Å². The van der Waals surface area contributed by atoms with Crippen molar-refractivity contribution in [2.24, 2.45) is 0 Å². The highest BCUT2D eigenvalue weighted by Crippen LogP contribution is 2.30. The van der Waals surface area contributed by atoms with E-state index in [-0.39, 0.29) is 5.91 Å². The number of H-pyrrole nitrogens is 1. The van der Waals surface area contributed by atoms with E-state index in [2.05, 4.69) is 11.1 Å². The molecule has 1 N–H and O–H groups in total. The van der Waals surface area contributed by atoms with E-state index in [1.165, 1.54) is 10.9 Å². The van der Waals surface area contributed by atoms with Gasteiger partial charge in [-0.25, -0.2) is 0 Å². The summed E-state index contributed by atoms with van der Waals surface area (Å²) in [6.45, 7) is 1.36. The maximum atomic E-state index is 12.6. The average molecular weight is 355 g/mol. The number of benzene rings is 2. The SMILES string of the molecule is COc1ccc2[nH]c3c(c2c1)CCN(C(=O)Cc1ccc(Cl)cc1)C3. The van der Waals surface area contributed by atoms with E-state index < -0.39 is 0 Å². The molecule has 0 saturated carbocycles. The van der Waals surface area contributed by atoms with E-state index in [0.717, 1.165) is 35.5 Å². The molecule has 4 nitrogen and oxygen atoms in total. The highest BCUT2D eigenvalue weighted by molar-refractivity contribution is 6.30. The van der Waals surface area contributed by atoms with Crippen molar-refractivity contribution in [2.45, 2.75) is 19.4 Å². The number of aromatic nitrogens is 1. The Hall–Kier alpha value is -2.46. The molecule has 4 rings (SSSR count). The first-order valence-electron chi connectivity index (χ1n) is 8.34. The largest absolute Gasteiger partial charge is 0.497 e. The van der Waals surface area contributed by atoms with Crippen molar-refractivity contribution in [3.8, 4) is 5.75 Å². The van der Waals surface area contributed by atoms with Crippen LogP contribution in [0.1, 0.15) is 16.8 Å². The van der Waals surface area contributed by atoms with Gasteiger partial charge in [0.1, 0.15) is 5.75 Å². The van der Waals surface area contributed by atoms with Gasteiger partial charge in [-0.15, -0.1) is 0 Å². The molecular formula is C20H19ClN2O2. The van der Waals surface area contributed by atoms with Gasteiger partial charge in [0.15, 0.2) is 0 Å². The Balaban J connectivity index is 1.54. The Labute approximate surface area is 151 Å². The predicted molar refractivity (Wildman–Crippen MR) is 99.1 cm³/mol. The van der Waals surface area contributed by atoms with Crippen molar-refractivity contribution in [3.63, 3.8) is 0 Å². The molecule has 1 aromatic heterocycles. The lowest BCUT2D eigenvalue weighted by atomic mass is 10.0. The van der Waals surface area contributed by atoms with Crippen LogP contribution in [0.4, 0.5) is 0 Å². The molecule has 1 aliphatic heterocycles. The number of ether oxygens (including phenoxy) is 1. The molecular weight excluding hydrogens is 336 g/mol. The third-order valence-corrected chi connectivity index (χ3v) is 5.06. The summed E-state index contributed by atoms with van der Waals surface area (Å²) in [5.41, 5.74) is 4.50. The summed E-state index contributed by atoms with van der Waals surface area (Å²) in [6, 6.07) is 13.5. The number of fused-ring (bicyclic) bond motifs is 3. The molecule has 0 unspecified atom stereocenters. The van der Waals surface area contributed by atoms with E-state index in [1.54, 1.807) is 7.11 Å². The number of halogens is 1. The number of rotatable bonds is 3. The number of aromatic amines is 1. The molecule has 1 amide bonds. The molecule has 0 radical (unpaired) electrons. The molecule has 2 aromatic carbocycles. The minimum Gasteiger partial charge on any atom is -0.497 e. The number of nitrogens with zero attached hydrogens (tertiary/aromatic N) is 1. The van der Waals surface area contributed by atoms with Gasteiger partial charge in [-0.05, 0) is 47.9 Å². The van der Waals surface area contributed by atoms with E-state index >= 15 is 0 Å². The molecule has 128 valence electrons. The van der Waals surface area contributed by atoms with Crippen LogP contribution in [0.5, 0.6) is 5.75 Å². The first kappa shape index (κ1) is 16.0. The van der Waals surface area contributed by atoms with Gasteiger partial charge >= 0.3 is 0 Å². The Morgan fingerprint density at radius 2 is 2.04 bits per heavy atom. The number of hydrogen-bond donors (Lipinski definition) is 1. The fourth-order valence-corrected chi connectivity index (χ4v) is 3.57. The first-order chi connectivity index (χ1) is 12.1. The second kappa shape index (κ2) is 6.45. The van der Waals surface area contributed by atoms with Gasteiger partial charge in [0.05, 0.1) is 20.1 Å². The lowest BCUT2D eigenvalue weighted by Crippen LogP contribution is -2.36. The highest BCUT2D eigenvalue weighted by Gasteiger charge is 2.24. The van der Waals surface area contributed by atoms with Crippen LogP contribution < -0.4 is 4.74 Å². The zero-order valence-electron chi connectivity index (χ0n) is 14.0. The normalized spacial score (nSPS) is 13.8. The molecule has 2 heterocycles. The predicted octanol–water partition coefficient (Wildman–Crippen LogP) is 3.96. The molecule has 3 aromatic rings. The summed E-state index contributed by atoms with van der Waals surface area (Å²) < 4.78 is 5.33. The summed E-state index contributed by atoms with van der Waals surface area (Å²) in [5.74, 6) is 1.000. The van der Waals surface area contributed by atoms with E-state index in [9.17, 15) is 4.79 Å². The van der Waals surface area contributed by atoms with Crippen molar-refractivity contribution >= 4 is 28.4 Å². The molecule has 0 aliphatic carbocycles. The highest BCUT2D eigenvalue weighted by atomic mass is 35.5. The van der Waals surface area contributed by atoms with Gasteiger partial charge < -0.3 is 14.6 Å². The van der Waals surface area contributed by atoms with Crippen molar-refractivity contribution < 1.29 is 9.53 Å². The van der Waals surface area contributed by atoms with Crippen LogP contribution in [0.15, 0.2) is 42.5 Å². The molecule has 1 aliphatic rings. The minimum atomic E-state index is 0.143. The number of methoxy groups -OCH3 is 1. The summed E-state index contributed by atoms with van der Waals surface area (Å²) in [4.78, 5) is 18.0. The smallest absolute Gasteiger partial charge is 0.227 e. The maximum absolute atomic E-state index is 12.6. The number of carbonyl (C=O) groups excluding carboxylic acids is 1. The van der Waals surface area contributed by atoms with Crippen molar-refractivity contribution in [1.29, 1.82) is 0 Å². The third-order valence-electron chi connectivity index (χ3n) is 4.80. The number of nitrogens with one attached hydrogen (secondary N) is 1. The van der Waals surface area contributed by atoms with Crippen molar-refractivity contribution in [1.82, 2.24) is 9.88 Å². The van der Waals surface area contributed by atoms with Crippen LogP contribution in [0.3, 0.4) is 0 Å².